The molecule has 0 unspecified atom stereocenters. The van der Waals surface area contributed by atoms with Gasteiger partial charge in [-0.05, 0) is 48.2 Å². The maximum atomic E-state index is 14.0. The molecule has 0 saturated carbocycles. The molecular formula is C19H19FN2OS. The van der Waals surface area contributed by atoms with E-state index in [2.05, 4.69) is 17.3 Å². The van der Waals surface area contributed by atoms with Gasteiger partial charge in [0.15, 0.2) is 0 Å². The van der Waals surface area contributed by atoms with Crippen LogP contribution in [-0.2, 0) is 6.42 Å². The monoisotopic (exact) mass is 342 g/mol. The lowest BCUT2D eigenvalue weighted by Gasteiger charge is -2.26. The van der Waals surface area contributed by atoms with E-state index in [1.165, 1.54) is 29.1 Å². The Kier molecular flexibility index (Phi) is 3.96. The fraction of sp³-hybridized carbons (Fsp3) is 0.316. The molecule has 4 rings (SSSR count). The van der Waals surface area contributed by atoms with Crippen molar-refractivity contribution in [3.05, 3.63) is 58.9 Å². The number of carbonyl (C=O) groups is 1. The van der Waals surface area contributed by atoms with E-state index in [0.717, 1.165) is 30.7 Å². The summed E-state index contributed by atoms with van der Waals surface area (Å²) < 4.78 is 14.0. The number of nitrogens with one attached hydrogen (secondary N) is 1. The minimum atomic E-state index is -0.197. The van der Waals surface area contributed by atoms with Gasteiger partial charge >= 0.3 is 0 Å². The maximum absolute atomic E-state index is 14.0. The molecule has 5 heteroatoms. The van der Waals surface area contributed by atoms with Gasteiger partial charge in [0.1, 0.15) is 5.82 Å². The molecule has 2 aliphatic rings. The summed E-state index contributed by atoms with van der Waals surface area (Å²) in [6, 6.07) is 10.9. The molecule has 24 heavy (non-hydrogen) atoms. The molecule has 2 aliphatic heterocycles. The molecule has 2 heterocycles. The number of nitrogens with zero attached hydrogens (tertiary/aromatic N) is 1. The molecule has 0 bridgehead atoms. The Morgan fingerprint density at radius 1 is 1.33 bits per heavy atom. The van der Waals surface area contributed by atoms with E-state index < -0.39 is 0 Å². The first-order valence-electron chi connectivity index (χ1n) is 8.19. The van der Waals surface area contributed by atoms with Crippen molar-refractivity contribution in [3.63, 3.8) is 0 Å². The van der Waals surface area contributed by atoms with Crippen molar-refractivity contribution in [1.29, 1.82) is 0 Å². The highest BCUT2D eigenvalue weighted by atomic mass is 32.2. The average molecular weight is 342 g/mol. The van der Waals surface area contributed by atoms with Crippen molar-refractivity contribution < 1.29 is 9.18 Å². The topological polar surface area (TPSA) is 32.3 Å². The predicted octanol–water partition coefficient (Wildman–Crippen LogP) is 3.78. The number of amides is 1. The summed E-state index contributed by atoms with van der Waals surface area (Å²) in [5, 5.41) is 3.09. The van der Waals surface area contributed by atoms with Crippen molar-refractivity contribution in [2.75, 3.05) is 24.2 Å². The first kappa shape index (κ1) is 15.5. The van der Waals surface area contributed by atoms with Crippen molar-refractivity contribution in [1.82, 2.24) is 5.32 Å². The van der Waals surface area contributed by atoms with Crippen LogP contribution in [0.15, 0.2) is 41.3 Å². The van der Waals surface area contributed by atoms with Crippen LogP contribution in [0, 0.1) is 5.82 Å². The number of anilines is 1. The fourth-order valence-electron chi connectivity index (χ4n) is 3.49. The molecule has 0 aliphatic carbocycles. The van der Waals surface area contributed by atoms with Crippen molar-refractivity contribution in [3.8, 4) is 0 Å². The molecule has 0 aromatic heterocycles. The summed E-state index contributed by atoms with van der Waals surface area (Å²) >= 11 is 1.53. The lowest BCUT2D eigenvalue weighted by molar-refractivity contribution is 0.0934. The Morgan fingerprint density at radius 3 is 3.08 bits per heavy atom. The molecule has 1 atom stereocenters. The fourth-order valence-corrected chi connectivity index (χ4v) is 4.63. The zero-order chi connectivity index (χ0) is 16.7. The Morgan fingerprint density at radius 2 is 2.21 bits per heavy atom. The predicted molar refractivity (Wildman–Crippen MR) is 95.4 cm³/mol. The molecule has 0 fully saturated rings. The molecule has 1 N–H and O–H groups in total. The average Bonchev–Trinajstić information content (AvgIpc) is 2.96. The molecular weight excluding hydrogens is 323 g/mol. The summed E-state index contributed by atoms with van der Waals surface area (Å²) in [5.41, 5.74) is 3.99. The largest absolute Gasteiger partial charge is 0.374 e. The number of rotatable bonds is 2. The second kappa shape index (κ2) is 6.13. The Bertz CT molecular complexity index is 808. The lowest BCUT2D eigenvalue weighted by Crippen LogP contribution is -2.31. The van der Waals surface area contributed by atoms with E-state index >= 15 is 0 Å². The van der Waals surface area contributed by atoms with Crippen molar-refractivity contribution in [2.24, 2.45) is 0 Å². The van der Waals surface area contributed by atoms with Gasteiger partial charge in [0.05, 0.1) is 6.04 Å². The van der Waals surface area contributed by atoms with E-state index in [1.807, 2.05) is 24.3 Å². The van der Waals surface area contributed by atoms with Gasteiger partial charge < -0.3 is 10.2 Å². The van der Waals surface area contributed by atoms with Crippen LogP contribution < -0.4 is 10.2 Å². The highest BCUT2D eigenvalue weighted by Gasteiger charge is 2.25. The van der Waals surface area contributed by atoms with Gasteiger partial charge in [0.25, 0.3) is 5.91 Å². The SMILES string of the molecule is CN1CCc2cc(C(=O)N[C@@H]3CCSc4c(F)cccc43)ccc21. The van der Waals surface area contributed by atoms with Crippen LogP contribution in [0.5, 0.6) is 0 Å². The van der Waals surface area contributed by atoms with Gasteiger partial charge in [-0.1, -0.05) is 12.1 Å². The number of likely N-dealkylation sites (N-methyl/N-ethyl adjacent to an activating group) is 1. The van der Waals surface area contributed by atoms with E-state index in [1.54, 1.807) is 6.07 Å². The zero-order valence-corrected chi connectivity index (χ0v) is 14.3. The Balaban J connectivity index is 1.57. The number of carbonyl (C=O) groups excluding carboxylic acids is 1. The highest BCUT2D eigenvalue weighted by Crippen LogP contribution is 2.38. The summed E-state index contributed by atoms with van der Waals surface area (Å²) in [7, 11) is 2.07. The molecule has 0 saturated heterocycles. The Labute approximate surface area is 145 Å². The quantitative estimate of drug-likeness (QED) is 0.901. The first-order valence-corrected chi connectivity index (χ1v) is 9.18. The minimum Gasteiger partial charge on any atom is -0.374 e. The smallest absolute Gasteiger partial charge is 0.251 e. The summed E-state index contributed by atoms with van der Waals surface area (Å²) in [6.45, 7) is 0.993. The van der Waals surface area contributed by atoms with Gasteiger partial charge in [0.2, 0.25) is 0 Å². The van der Waals surface area contributed by atoms with Crippen molar-refractivity contribution >= 4 is 23.4 Å². The number of hydrogen-bond acceptors (Lipinski definition) is 3. The maximum Gasteiger partial charge on any atom is 0.251 e. The normalized spacial score (nSPS) is 18.9. The molecule has 2 aromatic rings. The second-order valence-electron chi connectivity index (χ2n) is 6.34. The van der Waals surface area contributed by atoms with Crippen LogP contribution in [-0.4, -0.2) is 25.3 Å². The number of hydrogen-bond donors (Lipinski definition) is 1. The van der Waals surface area contributed by atoms with Crippen LogP contribution in [0.1, 0.15) is 33.9 Å². The van der Waals surface area contributed by atoms with Gasteiger partial charge in [0, 0.05) is 35.5 Å². The molecule has 124 valence electrons. The molecule has 0 spiro atoms. The van der Waals surface area contributed by atoms with Gasteiger partial charge in [-0.2, -0.15) is 0 Å². The first-order chi connectivity index (χ1) is 11.6. The summed E-state index contributed by atoms with van der Waals surface area (Å²) in [4.78, 5) is 15.5. The molecule has 3 nitrogen and oxygen atoms in total. The molecule has 1 amide bonds. The van der Waals surface area contributed by atoms with Crippen molar-refractivity contribution in [2.45, 2.75) is 23.8 Å². The Hall–Kier alpha value is -2.01. The molecule has 2 aromatic carbocycles. The van der Waals surface area contributed by atoms with Gasteiger partial charge in [-0.3, -0.25) is 4.79 Å². The van der Waals surface area contributed by atoms with Crippen LogP contribution >= 0.6 is 11.8 Å². The zero-order valence-electron chi connectivity index (χ0n) is 13.5. The van der Waals surface area contributed by atoms with E-state index in [9.17, 15) is 9.18 Å². The second-order valence-corrected chi connectivity index (χ2v) is 7.44. The van der Waals surface area contributed by atoms with E-state index in [0.29, 0.717) is 10.5 Å². The number of benzene rings is 2. The van der Waals surface area contributed by atoms with Gasteiger partial charge in [-0.25, -0.2) is 4.39 Å². The third kappa shape index (κ3) is 2.67. The van der Waals surface area contributed by atoms with Crippen LogP contribution in [0.3, 0.4) is 0 Å². The van der Waals surface area contributed by atoms with E-state index in [4.69, 9.17) is 0 Å². The number of halogens is 1. The number of fused-ring (bicyclic) bond motifs is 2. The standard InChI is InChI=1S/C19H19FN2OS/c1-22-9-7-12-11-13(5-6-17(12)22)19(23)21-16-8-10-24-18-14(16)3-2-4-15(18)20/h2-6,11,16H,7-10H2,1H3,(H,21,23)/t16-/m1/s1. The van der Waals surface area contributed by atoms with Crippen LogP contribution in [0.25, 0.3) is 0 Å². The highest BCUT2D eigenvalue weighted by molar-refractivity contribution is 7.99. The summed E-state index contributed by atoms with van der Waals surface area (Å²) in [6.07, 6.45) is 1.79. The third-order valence-electron chi connectivity index (χ3n) is 4.80. The molecule has 0 radical (unpaired) electrons. The third-order valence-corrected chi connectivity index (χ3v) is 5.96. The van der Waals surface area contributed by atoms with Crippen LogP contribution in [0.2, 0.25) is 0 Å². The lowest BCUT2D eigenvalue weighted by atomic mass is 10.0. The minimum absolute atomic E-state index is 0.0838. The number of thioether (sulfide) groups is 1. The van der Waals surface area contributed by atoms with Crippen LogP contribution in [0.4, 0.5) is 10.1 Å². The summed E-state index contributed by atoms with van der Waals surface area (Å²) in [5.74, 6) is 0.532. The van der Waals surface area contributed by atoms with Gasteiger partial charge in [-0.15, -0.1) is 11.8 Å². The van der Waals surface area contributed by atoms with E-state index in [-0.39, 0.29) is 17.8 Å².